The molecule has 0 bridgehead atoms. The van der Waals surface area contributed by atoms with Crippen molar-refractivity contribution in [2.45, 2.75) is 43.7 Å². The number of halogens is 3. The maximum absolute atomic E-state index is 13.2. The Kier molecular flexibility index (Phi) is 9.34. The maximum atomic E-state index is 13.2. The molecule has 0 radical (unpaired) electrons. The second-order valence-corrected chi connectivity index (χ2v) is 7.53. The predicted molar refractivity (Wildman–Crippen MR) is 103 cm³/mol. The normalized spacial score (nSPS) is 13.9. The van der Waals surface area contributed by atoms with Crippen molar-refractivity contribution in [3.63, 3.8) is 0 Å². The molecule has 1 N–H and O–H groups in total. The molecule has 0 aliphatic carbocycles. The van der Waals surface area contributed by atoms with Crippen LogP contribution in [0.5, 0.6) is 0 Å². The summed E-state index contributed by atoms with van der Waals surface area (Å²) in [6.45, 7) is 4.69. The number of ether oxygens (including phenoxy) is 2. The third kappa shape index (κ3) is 6.87. The van der Waals surface area contributed by atoms with Gasteiger partial charge in [-0.3, -0.25) is 4.79 Å². The van der Waals surface area contributed by atoms with Crippen LogP contribution < -0.4 is 5.32 Å². The van der Waals surface area contributed by atoms with Crippen LogP contribution in [0.2, 0.25) is 0 Å². The van der Waals surface area contributed by atoms with E-state index in [1.165, 1.54) is 12.1 Å². The van der Waals surface area contributed by atoms with Crippen molar-refractivity contribution < 1.29 is 28.2 Å². The van der Waals surface area contributed by atoms with E-state index in [2.05, 4.69) is 5.32 Å². The highest BCUT2D eigenvalue weighted by Crippen LogP contribution is 2.19. The first-order valence-electron chi connectivity index (χ1n) is 8.69. The number of hydrogen-bond donors (Lipinski definition) is 1. The van der Waals surface area contributed by atoms with Crippen molar-refractivity contribution in [1.82, 2.24) is 5.32 Å². The monoisotopic (exact) mass is 446 g/mol. The number of nitrogens with zero attached hydrogens (tertiary/aromatic N) is 1. The first kappa shape index (κ1) is 24.7. The lowest BCUT2D eigenvalue weighted by Gasteiger charge is -2.29. The van der Waals surface area contributed by atoms with E-state index in [0.717, 1.165) is 12.1 Å². The first-order chi connectivity index (χ1) is 13.6. The number of rotatable bonds is 9. The number of esters is 2. The molecule has 2 atom stereocenters. The van der Waals surface area contributed by atoms with E-state index in [9.17, 15) is 24.0 Å². The van der Waals surface area contributed by atoms with Crippen LogP contribution in [-0.2, 0) is 30.3 Å². The van der Waals surface area contributed by atoms with Crippen molar-refractivity contribution in [1.29, 1.82) is 5.26 Å². The van der Waals surface area contributed by atoms with E-state index >= 15 is 0 Å². The highest BCUT2D eigenvalue weighted by atomic mass is 35.5. The van der Waals surface area contributed by atoms with E-state index in [-0.39, 0.29) is 13.0 Å². The van der Waals surface area contributed by atoms with Gasteiger partial charge in [0, 0.05) is 6.42 Å². The van der Waals surface area contributed by atoms with Crippen molar-refractivity contribution >= 4 is 41.0 Å². The second kappa shape index (κ2) is 11.0. The van der Waals surface area contributed by atoms with Gasteiger partial charge >= 0.3 is 11.9 Å². The summed E-state index contributed by atoms with van der Waals surface area (Å²) >= 11 is 10.9. The average molecular weight is 447 g/mol. The van der Waals surface area contributed by atoms with Gasteiger partial charge < -0.3 is 14.8 Å². The molecule has 158 valence electrons. The summed E-state index contributed by atoms with van der Waals surface area (Å²) in [5, 5.41) is 12.1. The molecular weight excluding hydrogens is 426 g/mol. The Labute approximate surface area is 178 Å². The van der Waals surface area contributed by atoms with Gasteiger partial charge in [-0.15, -0.1) is 0 Å². The van der Waals surface area contributed by atoms with Crippen LogP contribution in [0.25, 0.3) is 0 Å². The van der Waals surface area contributed by atoms with Gasteiger partial charge in [-0.2, -0.15) is 5.26 Å². The van der Waals surface area contributed by atoms with Gasteiger partial charge in [-0.1, -0.05) is 49.2 Å². The minimum atomic E-state index is -2.12. The highest BCUT2D eigenvalue weighted by molar-refractivity contribution is 6.52. The molecule has 0 fully saturated rings. The summed E-state index contributed by atoms with van der Waals surface area (Å²) in [7, 11) is 0. The molecule has 1 aromatic carbocycles. The fraction of sp³-hybridized carbons (Fsp3) is 0.474. The SMILES string of the molecule is CCOC(=O)C(C#N)(Cc1ccc(F)cc1)NC(=O)C(OC(=O)C(Cl)Cl)C(C)C. The van der Waals surface area contributed by atoms with Gasteiger partial charge in [0.05, 0.1) is 6.61 Å². The van der Waals surface area contributed by atoms with Gasteiger partial charge in [0.1, 0.15) is 11.9 Å². The third-order valence-corrected chi connectivity index (χ3v) is 4.18. The zero-order valence-corrected chi connectivity index (χ0v) is 17.6. The van der Waals surface area contributed by atoms with Gasteiger partial charge in [0.2, 0.25) is 10.4 Å². The Hall–Kier alpha value is -2.37. The lowest BCUT2D eigenvalue weighted by Crippen LogP contribution is -2.59. The summed E-state index contributed by atoms with van der Waals surface area (Å²) in [4.78, 5) is 35.5. The van der Waals surface area contributed by atoms with Crippen molar-refractivity contribution in [2.75, 3.05) is 6.61 Å². The molecule has 1 aromatic rings. The fourth-order valence-electron chi connectivity index (χ4n) is 2.39. The summed E-state index contributed by atoms with van der Waals surface area (Å²) in [6, 6.07) is 6.83. The Balaban J connectivity index is 3.22. The number of nitrogens with one attached hydrogen (secondary N) is 1. The van der Waals surface area contributed by atoms with Gasteiger partial charge in [0.15, 0.2) is 6.10 Å². The third-order valence-electron chi connectivity index (χ3n) is 3.82. The van der Waals surface area contributed by atoms with Crippen molar-refractivity contribution in [3.8, 4) is 6.07 Å². The first-order valence-corrected chi connectivity index (χ1v) is 9.57. The molecule has 29 heavy (non-hydrogen) atoms. The molecule has 2 unspecified atom stereocenters. The Morgan fingerprint density at radius 2 is 1.83 bits per heavy atom. The molecule has 0 aromatic heterocycles. The Bertz CT molecular complexity index is 780. The second-order valence-electron chi connectivity index (χ2n) is 6.43. The number of alkyl halides is 2. The van der Waals surface area contributed by atoms with Crippen LogP contribution in [0.15, 0.2) is 24.3 Å². The average Bonchev–Trinajstić information content (AvgIpc) is 2.66. The van der Waals surface area contributed by atoms with Crippen LogP contribution in [0.3, 0.4) is 0 Å². The number of benzene rings is 1. The molecule has 0 aliphatic rings. The molecule has 0 saturated heterocycles. The van der Waals surface area contributed by atoms with Crippen LogP contribution in [0.4, 0.5) is 4.39 Å². The van der Waals surface area contributed by atoms with Crippen LogP contribution >= 0.6 is 23.2 Å². The lowest BCUT2D eigenvalue weighted by atomic mass is 9.91. The maximum Gasteiger partial charge on any atom is 0.347 e. The summed E-state index contributed by atoms with van der Waals surface area (Å²) in [5.41, 5.74) is -1.72. The summed E-state index contributed by atoms with van der Waals surface area (Å²) < 4.78 is 23.1. The number of hydrogen-bond acceptors (Lipinski definition) is 6. The lowest BCUT2D eigenvalue weighted by molar-refractivity contribution is -0.159. The summed E-state index contributed by atoms with van der Waals surface area (Å²) in [6.07, 6.45) is -1.65. The van der Waals surface area contributed by atoms with Gasteiger partial charge in [-0.25, -0.2) is 14.0 Å². The number of carbonyl (C=O) groups excluding carboxylic acids is 3. The summed E-state index contributed by atoms with van der Waals surface area (Å²) in [5.74, 6) is -3.96. The predicted octanol–water partition coefficient (Wildman–Crippen LogP) is 2.68. The number of amides is 1. The molecule has 0 spiro atoms. The van der Waals surface area contributed by atoms with Crippen molar-refractivity contribution in [3.05, 3.63) is 35.6 Å². The quantitative estimate of drug-likeness (QED) is 0.461. The molecule has 0 saturated carbocycles. The number of nitriles is 1. The number of carbonyl (C=O) groups is 3. The highest BCUT2D eigenvalue weighted by Gasteiger charge is 2.44. The standard InChI is InChI=1S/C19H21Cl2FN2O5/c1-4-28-18(27)19(10-23,9-12-5-7-13(22)8-6-12)24-16(25)14(11(2)3)29-17(26)15(20)21/h5-8,11,14-15H,4,9H2,1-3H3,(H,24,25). The van der Waals surface area contributed by atoms with E-state index < -0.39 is 46.1 Å². The molecule has 0 aliphatic heterocycles. The molecule has 1 amide bonds. The fourth-order valence-corrected chi connectivity index (χ4v) is 2.50. The largest absolute Gasteiger partial charge is 0.463 e. The van der Waals surface area contributed by atoms with E-state index in [1.807, 2.05) is 0 Å². The molecule has 7 nitrogen and oxygen atoms in total. The van der Waals surface area contributed by atoms with Crippen LogP contribution in [-0.4, -0.2) is 40.9 Å². The van der Waals surface area contributed by atoms with Crippen molar-refractivity contribution in [2.24, 2.45) is 5.92 Å². The molecule has 10 heteroatoms. The zero-order valence-electron chi connectivity index (χ0n) is 16.1. The minimum Gasteiger partial charge on any atom is -0.463 e. The molecule has 0 heterocycles. The topological polar surface area (TPSA) is 105 Å². The van der Waals surface area contributed by atoms with Gasteiger partial charge in [0.25, 0.3) is 5.91 Å². The van der Waals surface area contributed by atoms with E-state index in [1.54, 1.807) is 26.8 Å². The Morgan fingerprint density at radius 3 is 2.28 bits per heavy atom. The van der Waals surface area contributed by atoms with Crippen LogP contribution in [0.1, 0.15) is 26.3 Å². The van der Waals surface area contributed by atoms with Crippen LogP contribution in [0, 0.1) is 23.1 Å². The molecular formula is C19H21Cl2FN2O5. The van der Waals surface area contributed by atoms with Gasteiger partial charge in [-0.05, 0) is 30.5 Å². The van der Waals surface area contributed by atoms with E-state index in [4.69, 9.17) is 32.7 Å². The smallest absolute Gasteiger partial charge is 0.347 e. The molecule has 1 rings (SSSR count). The Morgan fingerprint density at radius 1 is 1.24 bits per heavy atom. The van der Waals surface area contributed by atoms with E-state index in [0.29, 0.717) is 5.56 Å². The minimum absolute atomic E-state index is 0.0374. The zero-order chi connectivity index (χ0) is 22.2.